The molecule has 0 amide bonds. The molecule has 0 aliphatic heterocycles. The molecule has 0 unspecified atom stereocenters. The smallest absolute Gasteiger partial charge is 0.219 e. The van der Waals surface area contributed by atoms with Crippen molar-refractivity contribution in [3.63, 3.8) is 0 Å². The highest BCUT2D eigenvalue weighted by molar-refractivity contribution is 7.80. The summed E-state index contributed by atoms with van der Waals surface area (Å²) < 4.78 is 5.70. The Morgan fingerprint density at radius 2 is 2.00 bits per heavy atom. The van der Waals surface area contributed by atoms with Crippen LogP contribution in [0.3, 0.4) is 0 Å². The minimum atomic E-state index is 0.334. The molecular weight excluding hydrogens is 244 g/mol. The molecule has 92 valence electrons. The molecule has 2 N–H and O–H groups in total. The zero-order valence-electron chi connectivity index (χ0n) is 10.3. The van der Waals surface area contributed by atoms with Gasteiger partial charge in [0.05, 0.1) is 0 Å². The van der Waals surface area contributed by atoms with Crippen LogP contribution in [0.25, 0.3) is 0 Å². The molecular formula is C14H14N2OS. The van der Waals surface area contributed by atoms with Gasteiger partial charge in [0.1, 0.15) is 10.7 Å². The standard InChI is InChI=1S/C14H14N2OS/c1-9-3-5-12(10(2)7-9)17-13-6-4-11(8-16-13)14(15)18/h3-8H,1-2H3,(H2,15,18). The van der Waals surface area contributed by atoms with Gasteiger partial charge in [-0.05, 0) is 31.5 Å². The highest BCUT2D eigenvalue weighted by Gasteiger charge is 2.03. The summed E-state index contributed by atoms with van der Waals surface area (Å²) in [5.74, 6) is 1.33. The molecule has 1 aromatic carbocycles. The van der Waals surface area contributed by atoms with Gasteiger partial charge < -0.3 is 10.5 Å². The van der Waals surface area contributed by atoms with Crippen LogP contribution < -0.4 is 10.5 Å². The lowest BCUT2D eigenvalue weighted by molar-refractivity contribution is 0.459. The molecule has 1 heterocycles. The number of pyridine rings is 1. The third-order valence-electron chi connectivity index (χ3n) is 2.57. The monoisotopic (exact) mass is 258 g/mol. The Hall–Kier alpha value is -1.94. The van der Waals surface area contributed by atoms with Gasteiger partial charge in [0.25, 0.3) is 0 Å². The molecule has 1 aromatic heterocycles. The van der Waals surface area contributed by atoms with Gasteiger partial charge in [-0.15, -0.1) is 0 Å². The number of ether oxygens (including phenoxy) is 1. The van der Waals surface area contributed by atoms with Gasteiger partial charge in [-0.25, -0.2) is 4.98 Å². The summed E-state index contributed by atoms with van der Waals surface area (Å²) in [6.45, 7) is 4.05. The lowest BCUT2D eigenvalue weighted by atomic mass is 10.1. The van der Waals surface area contributed by atoms with E-state index in [4.69, 9.17) is 22.7 Å². The predicted octanol–water partition coefficient (Wildman–Crippen LogP) is 3.12. The van der Waals surface area contributed by atoms with Gasteiger partial charge in [0.15, 0.2) is 0 Å². The van der Waals surface area contributed by atoms with Gasteiger partial charge in [0.2, 0.25) is 5.88 Å². The van der Waals surface area contributed by atoms with Crippen molar-refractivity contribution >= 4 is 17.2 Å². The first-order chi connectivity index (χ1) is 8.56. The minimum Gasteiger partial charge on any atom is -0.439 e. The number of aromatic nitrogens is 1. The second-order valence-corrected chi connectivity index (χ2v) is 4.56. The summed E-state index contributed by atoms with van der Waals surface area (Å²) in [6, 6.07) is 9.57. The Bertz CT molecular complexity index is 579. The minimum absolute atomic E-state index is 0.334. The lowest BCUT2D eigenvalue weighted by Crippen LogP contribution is -2.09. The zero-order valence-corrected chi connectivity index (χ0v) is 11.1. The second kappa shape index (κ2) is 5.14. The van der Waals surface area contributed by atoms with E-state index in [9.17, 15) is 0 Å². The van der Waals surface area contributed by atoms with Crippen molar-refractivity contribution in [1.29, 1.82) is 0 Å². The number of benzene rings is 1. The lowest BCUT2D eigenvalue weighted by Gasteiger charge is -2.08. The zero-order chi connectivity index (χ0) is 13.1. The van der Waals surface area contributed by atoms with Gasteiger partial charge >= 0.3 is 0 Å². The Balaban J connectivity index is 2.21. The average Bonchev–Trinajstić information content (AvgIpc) is 2.33. The van der Waals surface area contributed by atoms with Crippen LogP contribution in [0.5, 0.6) is 11.6 Å². The van der Waals surface area contributed by atoms with Gasteiger partial charge in [0, 0.05) is 17.8 Å². The first-order valence-corrected chi connectivity index (χ1v) is 5.98. The molecule has 0 spiro atoms. The fourth-order valence-corrected chi connectivity index (χ4v) is 1.73. The Morgan fingerprint density at radius 3 is 2.56 bits per heavy atom. The quantitative estimate of drug-likeness (QED) is 0.859. The van der Waals surface area contributed by atoms with Crippen LogP contribution >= 0.6 is 12.2 Å². The number of aryl methyl sites for hydroxylation is 2. The fourth-order valence-electron chi connectivity index (χ4n) is 1.61. The highest BCUT2D eigenvalue weighted by Crippen LogP contribution is 2.24. The summed E-state index contributed by atoms with van der Waals surface area (Å²) in [5.41, 5.74) is 8.53. The number of nitrogens with two attached hydrogens (primary N) is 1. The van der Waals surface area contributed by atoms with Crippen LogP contribution in [0.4, 0.5) is 0 Å². The van der Waals surface area contributed by atoms with E-state index in [0.29, 0.717) is 10.9 Å². The van der Waals surface area contributed by atoms with E-state index in [2.05, 4.69) is 11.1 Å². The number of thiocarbonyl (C=S) groups is 1. The van der Waals surface area contributed by atoms with Crippen LogP contribution in [0.15, 0.2) is 36.5 Å². The van der Waals surface area contributed by atoms with Crippen molar-refractivity contribution in [2.75, 3.05) is 0 Å². The number of rotatable bonds is 3. The summed E-state index contributed by atoms with van der Waals surface area (Å²) in [4.78, 5) is 4.50. The summed E-state index contributed by atoms with van der Waals surface area (Å²) in [7, 11) is 0. The number of hydrogen-bond acceptors (Lipinski definition) is 3. The maximum Gasteiger partial charge on any atom is 0.219 e. The van der Waals surface area contributed by atoms with Crippen LogP contribution in [0.2, 0.25) is 0 Å². The highest BCUT2D eigenvalue weighted by atomic mass is 32.1. The molecule has 0 atom stereocenters. The van der Waals surface area contributed by atoms with Crippen molar-refractivity contribution in [2.45, 2.75) is 13.8 Å². The Labute approximate surface area is 112 Å². The first kappa shape index (κ1) is 12.5. The van der Waals surface area contributed by atoms with Crippen molar-refractivity contribution < 1.29 is 4.74 Å². The average molecular weight is 258 g/mol. The van der Waals surface area contributed by atoms with E-state index in [1.54, 1.807) is 18.3 Å². The third-order valence-corrected chi connectivity index (χ3v) is 2.80. The van der Waals surface area contributed by atoms with Gasteiger partial charge in [-0.3, -0.25) is 0 Å². The maximum absolute atomic E-state index is 5.70. The SMILES string of the molecule is Cc1ccc(Oc2ccc(C(N)=S)cn2)c(C)c1. The van der Waals surface area contributed by atoms with E-state index in [1.165, 1.54) is 5.56 Å². The largest absolute Gasteiger partial charge is 0.439 e. The van der Waals surface area contributed by atoms with Crippen molar-refractivity contribution in [1.82, 2.24) is 4.98 Å². The Kier molecular flexibility index (Phi) is 3.58. The van der Waals surface area contributed by atoms with Crippen molar-refractivity contribution in [2.24, 2.45) is 5.73 Å². The Morgan fingerprint density at radius 1 is 1.22 bits per heavy atom. The molecule has 0 fully saturated rings. The topological polar surface area (TPSA) is 48.1 Å². The van der Waals surface area contributed by atoms with E-state index in [0.717, 1.165) is 16.9 Å². The number of nitrogens with zero attached hydrogens (tertiary/aromatic N) is 1. The van der Waals surface area contributed by atoms with Crippen LogP contribution in [0, 0.1) is 13.8 Å². The molecule has 0 aliphatic carbocycles. The van der Waals surface area contributed by atoms with E-state index in [1.807, 2.05) is 26.0 Å². The van der Waals surface area contributed by atoms with Gasteiger partial charge in [-0.1, -0.05) is 29.9 Å². The van der Waals surface area contributed by atoms with Crippen LogP contribution in [-0.4, -0.2) is 9.97 Å². The van der Waals surface area contributed by atoms with Crippen LogP contribution in [0.1, 0.15) is 16.7 Å². The maximum atomic E-state index is 5.70. The molecule has 0 aliphatic rings. The van der Waals surface area contributed by atoms with Crippen molar-refractivity contribution in [3.8, 4) is 11.6 Å². The molecule has 2 aromatic rings. The van der Waals surface area contributed by atoms with Crippen molar-refractivity contribution in [3.05, 3.63) is 53.2 Å². The second-order valence-electron chi connectivity index (χ2n) is 4.12. The number of hydrogen-bond donors (Lipinski definition) is 1. The molecule has 2 rings (SSSR count). The van der Waals surface area contributed by atoms with E-state index in [-0.39, 0.29) is 0 Å². The summed E-state index contributed by atoms with van der Waals surface area (Å²) in [6.07, 6.45) is 1.61. The molecule has 18 heavy (non-hydrogen) atoms. The molecule has 4 heteroatoms. The predicted molar refractivity (Wildman–Crippen MR) is 76.1 cm³/mol. The third kappa shape index (κ3) is 2.84. The summed E-state index contributed by atoms with van der Waals surface area (Å²) >= 11 is 4.87. The van der Waals surface area contributed by atoms with E-state index >= 15 is 0 Å². The molecule has 0 bridgehead atoms. The van der Waals surface area contributed by atoms with Gasteiger partial charge in [-0.2, -0.15) is 0 Å². The first-order valence-electron chi connectivity index (χ1n) is 5.57. The molecule has 0 radical (unpaired) electrons. The van der Waals surface area contributed by atoms with E-state index < -0.39 is 0 Å². The summed E-state index contributed by atoms with van der Waals surface area (Å²) in [5, 5.41) is 0. The molecule has 3 nitrogen and oxygen atoms in total. The molecule has 0 saturated heterocycles. The molecule has 0 saturated carbocycles. The van der Waals surface area contributed by atoms with Crippen LogP contribution in [-0.2, 0) is 0 Å². The normalized spacial score (nSPS) is 10.1. The fraction of sp³-hybridized carbons (Fsp3) is 0.143.